The van der Waals surface area contributed by atoms with Gasteiger partial charge in [-0.25, -0.2) is 0 Å². The van der Waals surface area contributed by atoms with Crippen molar-refractivity contribution in [1.29, 1.82) is 0 Å². The Bertz CT molecular complexity index is 203. The maximum Gasteiger partial charge on any atom is 0.249 e. The molecule has 1 aliphatic heterocycles. The van der Waals surface area contributed by atoms with E-state index in [1.54, 1.807) is 0 Å². The van der Waals surface area contributed by atoms with Crippen LogP contribution in [0.4, 0.5) is 0 Å². The molecule has 0 unspecified atom stereocenters. The molecule has 0 saturated heterocycles. The van der Waals surface area contributed by atoms with Crippen molar-refractivity contribution in [2.75, 3.05) is 0 Å². The van der Waals surface area contributed by atoms with E-state index < -0.39 is 11.6 Å². The summed E-state index contributed by atoms with van der Waals surface area (Å²) < 4.78 is 0. The summed E-state index contributed by atoms with van der Waals surface area (Å²) in [6, 6.07) is 0. The number of rotatable bonds is 0. The quantitative estimate of drug-likeness (QED) is 0.424. The Morgan fingerprint density at radius 2 is 2.33 bits per heavy atom. The number of allylic oxidation sites excluding steroid dienone is 1. The largest absolute Gasteiger partial charge is 0.290 e. The fourth-order valence-electron chi connectivity index (χ4n) is 0.463. The lowest BCUT2D eigenvalue weighted by molar-refractivity contribution is -0.132. The highest BCUT2D eigenvalue weighted by Gasteiger charge is 2.10. The minimum absolute atomic E-state index is 0.148. The van der Waals surface area contributed by atoms with Crippen LogP contribution >= 0.6 is 0 Å². The molecule has 1 rings (SSSR count). The fourth-order valence-corrected chi connectivity index (χ4v) is 0.463. The first-order valence-electron chi connectivity index (χ1n) is 2.49. The average Bonchev–Trinajstić information content (AvgIpc) is 1.99. The Balaban J connectivity index is 2.81. The zero-order valence-corrected chi connectivity index (χ0v) is 4.63. The summed E-state index contributed by atoms with van der Waals surface area (Å²) in [6.07, 6.45) is 5.11. The van der Waals surface area contributed by atoms with E-state index in [1.165, 1.54) is 12.3 Å². The van der Waals surface area contributed by atoms with E-state index in [2.05, 4.69) is 4.99 Å². The summed E-state index contributed by atoms with van der Waals surface area (Å²) in [5, 5.41) is 0. The van der Waals surface area contributed by atoms with Crippen molar-refractivity contribution in [2.24, 2.45) is 4.99 Å². The van der Waals surface area contributed by atoms with Gasteiger partial charge in [0.2, 0.25) is 11.6 Å². The standard InChI is InChI=1S/C6H4NO2/c8-5-2-1-3-7-4-6(5)9/h1,3H,2H2. The number of carbonyl (C=O) groups is 2. The predicted octanol–water partition coefficient (Wildman–Crippen LogP) is -0.0102. The third-order valence-electron chi connectivity index (χ3n) is 0.903. The van der Waals surface area contributed by atoms with Gasteiger partial charge in [-0.15, -0.1) is 0 Å². The van der Waals surface area contributed by atoms with E-state index in [0.29, 0.717) is 0 Å². The summed E-state index contributed by atoms with van der Waals surface area (Å²) in [6.45, 7) is 0. The molecule has 0 saturated carbocycles. The average molecular weight is 122 g/mol. The minimum atomic E-state index is -0.639. The van der Waals surface area contributed by atoms with E-state index in [-0.39, 0.29) is 6.42 Å². The SMILES string of the molecule is O=C1[C]=NC=CCC1=O. The number of hydrogen-bond donors (Lipinski definition) is 0. The van der Waals surface area contributed by atoms with Gasteiger partial charge in [0.1, 0.15) is 6.21 Å². The Morgan fingerprint density at radius 1 is 1.56 bits per heavy atom. The number of carbonyl (C=O) groups excluding carboxylic acids is 2. The first-order valence-corrected chi connectivity index (χ1v) is 2.49. The molecular weight excluding hydrogens is 118 g/mol. The van der Waals surface area contributed by atoms with Crippen LogP contribution < -0.4 is 0 Å². The maximum absolute atomic E-state index is 10.5. The van der Waals surface area contributed by atoms with Crippen LogP contribution in [0.3, 0.4) is 0 Å². The van der Waals surface area contributed by atoms with Gasteiger partial charge in [0.25, 0.3) is 0 Å². The molecule has 3 nitrogen and oxygen atoms in total. The molecule has 3 heteroatoms. The minimum Gasteiger partial charge on any atom is -0.290 e. The molecule has 0 amide bonds. The zero-order valence-electron chi connectivity index (χ0n) is 4.63. The molecule has 1 aliphatic rings. The van der Waals surface area contributed by atoms with Gasteiger partial charge in [0, 0.05) is 12.6 Å². The molecule has 0 aromatic carbocycles. The third kappa shape index (κ3) is 1.32. The van der Waals surface area contributed by atoms with Crippen molar-refractivity contribution >= 4 is 17.8 Å². The van der Waals surface area contributed by atoms with Crippen LogP contribution in [0, 0.1) is 0 Å². The van der Waals surface area contributed by atoms with Crippen LogP contribution in [-0.4, -0.2) is 17.8 Å². The molecule has 0 bridgehead atoms. The van der Waals surface area contributed by atoms with Gasteiger partial charge < -0.3 is 0 Å². The fraction of sp³-hybridized carbons (Fsp3) is 0.167. The van der Waals surface area contributed by atoms with Crippen LogP contribution in [0.25, 0.3) is 0 Å². The van der Waals surface area contributed by atoms with Gasteiger partial charge in [-0.2, -0.15) is 0 Å². The summed E-state index contributed by atoms with van der Waals surface area (Å²) in [5.74, 6) is -1.09. The predicted molar refractivity (Wildman–Crippen MR) is 31.2 cm³/mol. The molecule has 0 fully saturated rings. The normalized spacial score (nSPS) is 18.2. The molecule has 0 aromatic heterocycles. The van der Waals surface area contributed by atoms with Gasteiger partial charge >= 0.3 is 0 Å². The summed E-state index contributed by atoms with van der Waals surface area (Å²) in [5.41, 5.74) is 0. The highest BCUT2D eigenvalue weighted by Crippen LogP contribution is 1.91. The summed E-state index contributed by atoms with van der Waals surface area (Å²) in [4.78, 5) is 24.3. The lowest BCUT2D eigenvalue weighted by Crippen LogP contribution is -2.12. The van der Waals surface area contributed by atoms with Crippen molar-refractivity contribution < 1.29 is 9.59 Å². The molecule has 45 valence electrons. The van der Waals surface area contributed by atoms with E-state index >= 15 is 0 Å². The second-order valence-corrected chi connectivity index (χ2v) is 1.58. The van der Waals surface area contributed by atoms with Crippen molar-refractivity contribution in [3.63, 3.8) is 0 Å². The molecular formula is C6H4NO2. The molecule has 1 heterocycles. The summed E-state index contributed by atoms with van der Waals surface area (Å²) in [7, 11) is 0. The second-order valence-electron chi connectivity index (χ2n) is 1.58. The highest BCUT2D eigenvalue weighted by molar-refractivity contribution is 6.59. The van der Waals surface area contributed by atoms with E-state index in [4.69, 9.17) is 0 Å². The van der Waals surface area contributed by atoms with Crippen molar-refractivity contribution in [3.8, 4) is 0 Å². The Morgan fingerprint density at radius 3 is 3.11 bits per heavy atom. The van der Waals surface area contributed by atoms with Crippen LogP contribution in [0.15, 0.2) is 17.3 Å². The summed E-state index contributed by atoms with van der Waals surface area (Å²) >= 11 is 0. The first-order chi connectivity index (χ1) is 4.30. The molecule has 0 atom stereocenters. The van der Waals surface area contributed by atoms with Gasteiger partial charge in [-0.3, -0.25) is 14.6 Å². The third-order valence-corrected chi connectivity index (χ3v) is 0.903. The number of Topliss-reactive ketones (excluding diaryl/α,β-unsaturated/α-hetero) is 2. The Labute approximate surface area is 52.1 Å². The lowest BCUT2D eigenvalue weighted by Gasteiger charge is -1.81. The molecule has 0 aromatic rings. The first kappa shape index (κ1) is 5.88. The molecule has 0 spiro atoms. The molecule has 9 heavy (non-hydrogen) atoms. The zero-order chi connectivity index (χ0) is 6.69. The topological polar surface area (TPSA) is 46.5 Å². The monoisotopic (exact) mass is 122 g/mol. The Kier molecular flexibility index (Phi) is 1.53. The van der Waals surface area contributed by atoms with Crippen molar-refractivity contribution in [2.45, 2.75) is 6.42 Å². The van der Waals surface area contributed by atoms with Gasteiger partial charge in [-0.05, 0) is 0 Å². The molecule has 0 N–H and O–H groups in total. The van der Waals surface area contributed by atoms with Gasteiger partial charge in [-0.1, -0.05) is 6.08 Å². The van der Waals surface area contributed by atoms with E-state index in [9.17, 15) is 9.59 Å². The Hall–Kier alpha value is -1.25. The number of hydrogen-bond acceptors (Lipinski definition) is 3. The molecule has 0 aliphatic carbocycles. The number of aliphatic imine (C=N–C) groups is 1. The van der Waals surface area contributed by atoms with E-state index in [0.717, 1.165) is 0 Å². The maximum atomic E-state index is 10.5. The van der Waals surface area contributed by atoms with Crippen LogP contribution in [0.1, 0.15) is 6.42 Å². The number of ketones is 2. The smallest absolute Gasteiger partial charge is 0.249 e. The van der Waals surface area contributed by atoms with Crippen molar-refractivity contribution in [3.05, 3.63) is 12.3 Å². The lowest BCUT2D eigenvalue weighted by atomic mass is 10.2. The van der Waals surface area contributed by atoms with Gasteiger partial charge in [0.15, 0.2) is 0 Å². The number of nitrogens with zero attached hydrogens (tertiary/aromatic N) is 1. The van der Waals surface area contributed by atoms with Crippen LogP contribution in [0.5, 0.6) is 0 Å². The molecule has 1 radical (unpaired) electrons. The highest BCUT2D eigenvalue weighted by atomic mass is 16.2. The van der Waals surface area contributed by atoms with E-state index in [1.807, 2.05) is 6.21 Å². The second kappa shape index (κ2) is 2.35. The van der Waals surface area contributed by atoms with Crippen molar-refractivity contribution in [1.82, 2.24) is 0 Å². The van der Waals surface area contributed by atoms with Gasteiger partial charge in [0.05, 0.1) is 0 Å². The van der Waals surface area contributed by atoms with Crippen LogP contribution in [0.2, 0.25) is 0 Å². The van der Waals surface area contributed by atoms with Crippen LogP contribution in [-0.2, 0) is 9.59 Å².